The zero-order chi connectivity index (χ0) is 43.6. The highest BCUT2D eigenvalue weighted by molar-refractivity contribution is 7.91. The average Bonchev–Trinajstić information content (AvgIpc) is 4.21. The highest BCUT2D eigenvalue weighted by Gasteiger charge is 2.63. The Morgan fingerprint density at radius 3 is 2.48 bits per heavy atom. The van der Waals surface area contributed by atoms with Gasteiger partial charge in [0.25, 0.3) is 5.91 Å². The van der Waals surface area contributed by atoms with Crippen molar-refractivity contribution >= 4 is 50.4 Å². The third-order valence-corrected chi connectivity index (χ3v) is 16.8. The molecule has 1 aromatic heterocycles. The molecule has 4 heterocycles. The third kappa shape index (κ3) is 8.55. The maximum Gasteiger partial charge on any atom is 0.408 e. The van der Waals surface area contributed by atoms with Crippen LogP contribution in [0.5, 0.6) is 11.6 Å². The molecule has 4 aliphatic carbocycles. The quantitative estimate of drug-likeness (QED) is 0.305. The number of morpholine rings is 1. The first-order valence-corrected chi connectivity index (χ1v) is 23.9. The van der Waals surface area contributed by atoms with Crippen LogP contribution in [0.25, 0.3) is 10.8 Å². The Kier molecular flexibility index (Phi) is 11.3. The summed E-state index contributed by atoms with van der Waals surface area (Å²) in [6, 6.07) is 5.42. The first-order valence-electron chi connectivity index (χ1n) is 22.5. The van der Waals surface area contributed by atoms with Crippen molar-refractivity contribution in [3.63, 3.8) is 0 Å². The number of hydrogen-bond donors (Lipinski definition) is 3. The summed E-state index contributed by atoms with van der Waals surface area (Å²) in [5.41, 5.74) is -1.54. The standard InChI is InChI=1S/C45H60N6O10S/c1-26-7-5-6-8-31-24-45(31,42(54)49-62(56,57)44(3)11-12-44)48-39(52)36-23-34(25-51(36)41(53)38(27(2)17-26)47-43(55)61-33-19-28-18-29(28)20-33)60-40-35-10-9-32(58-4)21-30(35)22-37(46-40)50-13-15-59-16-14-50/h6,8-10,21-22,26-29,31,33-34,36,38H,5,7,11-20,23-25H2,1-4H3,(H,47,55)(H,48,52)(H,49,54). The van der Waals surface area contributed by atoms with Crippen LogP contribution in [0.1, 0.15) is 85.0 Å². The zero-order valence-corrected chi connectivity index (χ0v) is 36.9. The number of hydrogen-bond acceptors (Lipinski definition) is 12. The minimum atomic E-state index is -4.01. The van der Waals surface area contributed by atoms with Crippen molar-refractivity contribution in [3.05, 3.63) is 36.4 Å². The van der Waals surface area contributed by atoms with Gasteiger partial charge in [0.05, 0.1) is 31.6 Å². The van der Waals surface area contributed by atoms with E-state index in [2.05, 4.69) is 27.2 Å². The van der Waals surface area contributed by atoms with Crippen molar-refractivity contribution in [1.29, 1.82) is 0 Å². The van der Waals surface area contributed by atoms with Crippen molar-refractivity contribution in [1.82, 2.24) is 25.2 Å². The molecule has 4 amide bonds. The van der Waals surface area contributed by atoms with Crippen molar-refractivity contribution in [2.45, 2.75) is 120 Å². The summed E-state index contributed by atoms with van der Waals surface area (Å²) < 4.78 is 51.7. The Labute approximate surface area is 363 Å². The van der Waals surface area contributed by atoms with Crippen LogP contribution < -0.4 is 29.7 Å². The van der Waals surface area contributed by atoms with Gasteiger partial charge in [-0.3, -0.25) is 19.1 Å². The largest absolute Gasteiger partial charge is 0.497 e. The molecule has 9 unspecified atom stereocenters. The molecule has 0 radical (unpaired) electrons. The first kappa shape index (κ1) is 42.7. The molecule has 62 heavy (non-hydrogen) atoms. The van der Waals surface area contributed by atoms with E-state index in [4.69, 9.17) is 23.9 Å². The number of nitrogens with one attached hydrogen (secondary N) is 3. The number of rotatable bonds is 9. The first-order chi connectivity index (χ1) is 29.6. The summed E-state index contributed by atoms with van der Waals surface area (Å²) in [5.74, 6) is 0.376. The van der Waals surface area contributed by atoms with Crippen LogP contribution in [0.4, 0.5) is 10.6 Å². The highest BCUT2D eigenvalue weighted by Crippen LogP contribution is 2.52. The van der Waals surface area contributed by atoms with Crippen LogP contribution in [-0.2, 0) is 33.9 Å². The maximum atomic E-state index is 15.1. The Morgan fingerprint density at radius 2 is 1.76 bits per heavy atom. The lowest BCUT2D eigenvalue weighted by Gasteiger charge is -2.33. The molecule has 3 aliphatic heterocycles. The predicted molar refractivity (Wildman–Crippen MR) is 229 cm³/mol. The van der Waals surface area contributed by atoms with E-state index >= 15 is 4.79 Å². The van der Waals surface area contributed by atoms with Crippen molar-refractivity contribution in [2.24, 2.45) is 29.6 Å². The Balaban J connectivity index is 1.04. The SMILES string of the molecule is COc1ccc2c(OC3CC4C(=O)NC5(C(=O)NS(=O)(=O)C6(C)CC6)CC5C=CCCC(C)CC(C)C(NC(=O)OC5CC6CC6C5)C(=O)N4C3)nc(N3CCOCC3)cc2c1. The van der Waals surface area contributed by atoms with E-state index in [1.54, 1.807) is 14.0 Å². The van der Waals surface area contributed by atoms with Gasteiger partial charge in [-0.25, -0.2) is 13.2 Å². The van der Waals surface area contributed by atoms with E-state index in [0.29, 0.717) is 86.7 Å². The van der Waals surface area contributed by atoms with Gasteiger partial charge >= 0.3 is 6.09 Å². The second-order valence-corrected chi connectivity index (χ2v) is 21.5. The van der Waals surface area contributed by atoms with Crippen LogP contribution >= 0.6 is 0 Å². The number of alkyl carbamates (subject to hydrolysis) is 1. The molecule has 9 rings (SSSR count). The number of carbonyl (C=O) groups excluding carboxylic acids is 4. The number of fused-ring (bicyclic) bond motifs is 4. The summed E-state index contributed by atoms with van der Waals surface area (Å²) in [5, 5.41) is 7.44. The Morgan fingerprint density at radius 1 is 1.00 bits per heavy atom. The molecule has 0 spiro atoms. The molecule has 0 bridgehead atoms. The summed E-state index contributed by atoms with van der Waals surface area (Å²) in [7, 11) is -2.41. The van der Waals surface area contributed by atoms with Crippen LogP contribution in [0.2, 0.25) is 0 Å². The number of methoxy groups -OCH3 is 1. The number of allylic oxidation sites excluding steroid dienone is 1. The molecule has 2 saturated heterocycles. The fourth-order valence-electron chi connectivity index (χ4n) is 10.2. The number of ether oxygens (including phenoxy) is 4. The normalized spacial score (nSPS) is 34.1. The average molecular weight is 877 g/mol. The van der Waals surface area contributed by atoms with Crippen molar-refractivity contribution in [3.8, 4) is 11.6 Å². The van der Waals surface area contributed by atoms with E-state index in [1.807, 2.05) is 43.3 Å². The predicted octanol–water partition coefficient (Wildman–Crippen LogP) is 4.21. The topological polar surface area (TPSA) is 195 Å². The van der Waals surface area contributed by atoms with Crippen LogP contribution in [-0.4, -0.2) is 117 Å². The van der Waals surface area contributed by atoms with Crippen molar-refractivity contribution in [2.75, 3.05) is 44.9 Å². The Bertz CT molecular complexity index is 2240. The molecule has 4 saturated carbocycles. The fourth-order valence-corrected chi connectivity index (χ4v) is 11.5. The number of pyridine rings is 1. The van der Waals surface area contributed by atoms with Gasteiger partial charge in [0.1, 0.15) is 41.4 Å². The van der Waals surface area contributed by atoms with Crippen molar-refractivity contribution < 1.29 is 46.5 Å². The second kappa shape index (κ2) is 16.5. The lowest BCUT2D eigenvalue weighted by Crippen LogP contribution is -2.59. The second-order valence-electron chi connectivity index (χ2n) is 19.3. The molecule has 6 fully saturated rings. The van der Waals surface area contributed by atoms with Gasteiger partial charge in [-0.1, -0.05) is 26.0 Å². The molecule has 336 valence electrons. The van der Waals surface area contributed by atoms with Gasteiger partial charge in [-0.15, -0.1) is 0 Å². The molecular formula is C45H60N6O10S. The third-order valence-electron chi connectivity index (χ3n) is 14.6. The molecule has 7 aliphatic rings. The van der Waals surface area contributed by atoms with Crippen LogP contribution in [0, 0.1) is 29.6 Å². The molecule has 9 atom stereocenters. The molecular weight excluding hydrogens is 817 g/mol. The summed E-state index contributed by atoms with van der Waals surface area (Å²) in [6.45, 7) is 8.00. The molecule has 17 heteroatoms. The van der Waals surface area contributed by atoms with Gasteiger partial charge in [0, 0.05) is 30.8 Å². The van der Waals surface area contributed by atoms with Gasteiger partial charge in [0.2, 0.25) is 27.7 Å². The number of anilines is 1. The van der Waals surface area contributed by atoms with E-state index in [1.165, 1.54) is 11.3 Å². The van der Waals surface area contributed by atoms with E-state index in [9.17, 15) is 22.8 Å². The number of amides is 4. The monoisotopic (exact) mass is 876 g/mol. The summed E-state index contributed by atoms with van der Waals surface area (Å²) in [4.78, 5) is 66.1. The number of benzene rings is 1. The number of carbonyl (C=O) groups is 4. The number of aromatic nitrogens is 1. The molecule has 2 aromatic rings. The van der Waals surface area contributed by atoms with Gasteiger partial charge < -0.3 is 39.4 Å². The summed E-state index contributed by atoms with van der Waals surface area (Å²) >= 11 is 0. The van der Waals surface area contributed by atoms with Gasteiger partial charge in [-0.05, 0) is 118 Å². The molecule has 3 N–H and O–H groups in total. The van der Waals surface area contributed by atoms with Crippen LogP contribution in [0.15, 0.2) is 36.4 Å². The van der Waals surface area contributed by atoms with E-state index in [-0.39, 0.29) is 37.3 Å². The minimum absolute atomic E-state index is 0.0191. The molecule has 16 nitrogen and oxygen atoms in total. The lowest BCUT2D eigenvalue weighted by atomic mass is 9.88. The van der Waals surface area contributed by atoms with Gasteiger partial charge in [0.15, 0.2) is 0 Å². The Hall–Kier alpha value is -4.64. The number of nitrogens with zero attached hydrogens (tertiary/aromatic N) is 3. The highest BCUT2D eigenvalue weighted by atomic mass is 32.2. The zero-order valence-electron chi connectivity index (χ0n) is 36.1. The smallest absolute Gasteiger partial charge is 0.408 e. The fraction of sp³-hybridized carbons (Fsp3) is 0.667. The van der Waals surface area contributed by atoms with Gasteiger partial charge in [-0.2, -0.15) is 4.98 Å². The number of sulfonamides is 1. The maximum absolute atomic E-state index is 15.1. The van der Waals surface area contributed by atoms with Crippen LogP contribution in [0.3, 0.4) is 0 Å². The minimum Gasteiger partial charge on any atom is -0.497 e. The lowest BCUT2D eigenvalue weighted by molar-refractivity contribution is -0.142. The molecule has 1 aromatic carbocycles. The summed E-state index contributed by atoms with van der Waals surface area (Å²) in [6.07, 6.45) is 8.30. The van der Waals surface area contributed by atoms with E-state index in [0.717, 1.165) is 24.6 Å². The van der Waals surface area contributed by atoms with E-state index < -0.39 is 68.2 Å².